The van der Waals surface area contributed by atoms with Gasteiger partial charge in [0.15, 0.2) is 11.5 Å². The Labute approximate surface area is 162 Å². The van der Waals surface area contributed by atoms with Crippen molar-refractivity contribution < 1.29 is 4.74 Å². The van der Waals surface area contributed by atoms with Crippen molar-refractivity contribution in [3.05, 3.63) is 96.7 Å². The second-order valence-electron chi connectivity index (χ2n) is 6.41. The molecule has 0 saturated heterocycles. The SMILES string of the molecule is N#Cc1cccc(-c2ccccc2N2c3ccccc3Oc3ccccc32)n1. The zero-order chi connectivity index (χ0) is 18.9. The maximum Gasteiger partial charge on any atom is 0.151 e. The summed E-state index contributed by atoms with van der Waals surface area (Å²) in [6, 6.07) is 31.7. The molecular weight excluding hydrogens is 346 g/mol. The van der Waals surface area contributed by atoms with Crippen LogP contribution >= 0.6 is 0 Å². The van der Waals surface area contributed by atoms with E-state index in [1.54, 1.807) is 6.07 Å². The molecule has 0 aliphatic carbocycles. The summed E-state index contributed by atoms with van der Waals surface area (Å²) in [5.41, 5.74) is 5.01. The van der Waals surface area contributed by atoms with Gasteiger partial charge in [0.05, 0.1) is 22.8 Å². The first-order valence-corrected chi connectivity index (χ1v) is 8.98. The molecule has 0 amide bonds. The van der Waals surface area contributed by atoms with E-state index in [-0.39, 0.29) is 0 Å². The van der Waals surface area contributed by atoms with Crippen LogP contribution in [0.1, 0.15) is 5.69 Å². The number of hydrogen-bond donors (Lipinski definition) is 0. The molecule has 132 valence electrons. The number of anilines is 3. The third kappa shape index (κ3) is 2.58. The minimum atomic E-state index is 0.398. The van der Waals surface area contributed by atoms with Crippen molar-refractivity contribution in [2.75, 3.05) is 4.90 Å². The van der Waals surface area contributed by atoms with Gasteiger partial charge in [-0.3, -0.25) is 0 Å². The van der Waals surface area contributed by atoms with E-state index in [4.69, 9.17) is 4.74 Å². The molecule has 0 unspecified atom stereocenters. The van der Waals surface area contributed by atoms with Crippen LogP contribution in [0.3, 0.4) is 0 Å². The lowest BCUT2D eigenvalue weighted by atomic mass is 10.0. The Morgan fingerprint density at radius 1 is 0.679 bits per heavy atom. The monoisotopic (exact) mass is 361 g/mol. The van der Waals surface area contributed by atoms with Gasteiger partial charge in [0, 0.05) is 5.56 Å². The van der Waals surface area contributed by atoms with Crippen molar-refractivity contribution in [2.45, 2.75) is 0 Å². The van der Waals surface area contributed by atoms with Crippen molar-refractivity contribution in [2.24, 2.45) is 0 Å². The standard InChI is InChI=1S/C24H15N3O/c25-16-17-8-7-10-19(26-17)18-9-1-2-11-20(18)27-21-12-3-5-14-23(21)28-24-15-6-4-13-22(24)27/h1-15H. The van der Waals surface area contributed by atoms with E-state index < -0.39 is 0 Å². The summed E-state index contributed by atoms with van der Waals surface area (Å²) in [5.74, 6) is 1.60. The minimum Gasteiger partial charge on any atom is -0.453 e. The van der Waals surface area contributed by atoms with Crippen LogP contribution in [0.5, 0.6) is 11.5 Å². The number of para-hydroxylation sites is 5. The van der Waals surface area contributed by atoms with E-state index in [1.165, 1.54) is 0 Å². The van der Waals surface area contributed by atoms with Crippen LogP contribution in [-0.2, 0) is 0 Å². The van der Waals surface area contributed by atoms with Gasteiger partial charge in [0.25, 0.3) is 0 Å². The van der Waals surface area contributed by atoms with Crippen molar-refractivity contribution in [3.8, 4) is 28.8 Å². The highest BCUT2D eigenvalue weighted by Crippen LogP contribution is 2.51. The first-order chi connectivity index (χ1) is 13.8. The number of pyridine rings is 1. The lowest BCUT2D eigenvalue weighted by Gasteiger charge is -2.33. The Balaban J connectivity index is 1.76. The molecule has 1 aliphatic rings. The molecule has 0 radical (unpaired) electrons. The summed E-state index contributed by atoms with van der Waals surface area (Å²) in [7, 11) is 0. The predicted octanol–water partition coefficient (Wildman–Crippen LogP) is 6.20. The van der Waals surface area contributed by atoms with E-state index in [9.17, 15) is 5.26 Å². The van der Waals surface area contributed by atoms with Gasteiger partial charge in [0.2, 0.25) is 0 Å². The van der Waals surface area contributed by atoms with Gasteiger partial charge in [-0.1, -0.05) is 48.5 Å². The van der Waals surface area contributed by atoms with Crippen LogP contribution in [0.2, 0.25) is 0 Å². The van der Waals surface area contributed by atoms with Gasteiger partial charge in [0.1, 0.15) is 11.8 Å². The van der Waals surface area contributed by atoms with Crippen molar-refractivity contribution in [1.82, 2.24) is 4.98 Å². The molecule has 4 aromatic rings. The van der Waals surface area contributed by atoms with Gasteiger partial charge < -0.3 is 9.64 Å². The molecular formula is C24H15N3O. The Morgan fingerprint density at radius 3 is 1.96 bits per heavy atom. The fraction of sp³-hybridized carbons (Fsp3) is 0. The summed E-state index contributed by atoms with van der Waals surface area (Å²) in [4.78, 5) is 6.69. The van der Waals surface area contributed by atoms with Crippen molar-refractivity contribution in [3.63, 3.8) is 0 Å². The maximum atomic E-state index is 9.25. The van der Waals surface area contributed by atoms with Crippen molar-refractivity contribution >= 4 is 17.1 Å². The van der Waals surface area contributed by atoms with Gasteiger partial charge in [-0.2, -0.15) is 5.26 Å². The predicted molar refractivity (Wildman–Crippen MR) is 109 cm³/mol. The zero-order valence-electron chi connectivity index (χ0n) is 14.9. The smallest absolute Gasteiger partial charge is 0.151 e. The Morgan fingerprint density at radius 2 is 1.29 bits per heavy atom. The number of nitrogens with zero attached hydrogens (tertiary/aromatic N) is 3. The number of fused-ring (bicyclic) bond motifs is 2. The Kier molecular flexibility index (Phi) is 3.78. The molecule has 2 heterocycles. The van der Waals surface area contributed by atoms with Crippen LogP contribution in [0, 0.1) is 11.3 Å². The summed E-state index contributed by atoms with van der Waals surface area (Å²) in [6.45, 7) is 0. The molecule has 0 N–H and O–H groups in total. The molecule has 28 heavy (non-hydrogen) atoms. The Hall–Kier alpha value is -4.10. The number of rotatable bonds is 2. The van der Waals surface area contributed by atoms with Crippen LogP contribution in [0.4, 0.5) is 17.1 Å². The first-order valence-electron chi connectivity index (χ1n) is 8.98. The average molecular weight is 361 g/mol. The van der Waals surface area contributed by atoms with Gasteiger partial charge >= 0.3 is 0 Å². The second kappa shape index (κ2) is 6.57. The number of nitriles is 1. The molecule has 1 aliphatic heterocycles. The number of ether oxygens (including phenoxy) is 1. The summed E-state index contributed by atoms with van der Waals surface area (Å²) in [5, 5.41) is 9.25. The third-order valence-corrected chi connectivity index (χ3v) is 4.72. The lowest BCUT2D eigenvalue weighted by Crippen LogP contribution is -2.16. The zero-order valence-corrected chi connectivity index (χ0v) is 14.9. The molecule has 0 fully saturated rings. The molecule has 0 spiro atoms. The van der Waals surface area contributed by atoms with Crippen LogP contribution < -0.4 is 9.64 Å². The normalized spacial score (nSPS) is 11.8. The quantitative estimate of drug-likeness (QED) is 0.376. The average Bonchev–Trinajstić information content (AvgIpc) is 2.77. The fourth-order valence-corrected chi connectivity index (χ4v) is 3.50. The molecule has 4 nitrogen and oxygen atoms in total. The Bertz CT molecular complexity index is 1180. The van der Waals surface area contributed by atoms with Crippen LogP contribution in [0.25, 0.3) is 11.3 Å². The van der Waals surface area contributed by atoms with Crippen LogP contribution in [0.15, 0.2) is 91.0 Å². The summed E-state index contributed by atoms with van der Waals surface area (Å²) >= 11 is 0. The number of benzene rings is 3. The van der Waals surface area contributed by atoms with E-state index in [0.29, 0.717) is 5.69 Å². The summed E-state index contributed by atoms with van der Waals surface area (Å²) < 4.78 is 6.11. The second-order valence-corrected chi connectivity index (χ2v) is 6.41. The largest absolute Gasteiger partial charge is 0.453 e. The molecule has 4 heteroatoms. The summed E-state index contributed by atoms with van der Waals surface area (Å²) in [6.07, 6.45) is 0. The van der Waals surface area contributed by atoms with Gasteiger partial charge in [-0.05, 0) is 42.5 Å². The highest BCUT2D eigenvalue weighted by molar-refractivity contribution is 5.92. The highest BCUT2D eigenvalue weighted by atomic mass is 16.5. The van der Waals surface area contributed by atoms with E-state index >= 15 is 0 Å². The fourth-order valence-electron chi connectivity index (χ4n) is 3.50. The van der Waals surface area contributed by atoms with E-state index in [0.717, 1.165) is 39.8 Å². The van der Waals surface area contributed by atoms with Gasteiger partial charge in [-0.25, -0.2) is 4.98 Å². The van der Waals surface area contributed by atoms with Gasteiger partial charge in [-0.15, -0.1) is 0 Å². The number of hydrogen-bond acceptors (Lipinski definition) is 4. The molecule has 5 rings (SSSR count). The molecule has 3 aromatic carbocycles. The van der Waals surface area contributed by atoms with E-state index in [1.807, 2.05) is 78.9 Å². The third-order valence-electron chi connectivity index (χ3n) is 4.72. The van der Waals surface area contributed by atoms with Crippen LogP contribution in [-0.4, -0.2) is 4.98 Å². The maximum absolute atomic E-state index is 9.25. The topological polar surface area (TPSA) is 49.2 Å². The number of aromatic nitrogens is 1. The molecule has 0 bridgehead atoms. The molecule has 1 aromatic heterocycles. The minimum absolute atomic E-state index is 0.398. The highest BCUT2D eigenvalue weighted by Gasteiger charge is 2.27. The van der Waals surface area contributed by atoms with Crippen molar-refractivity contribution in [1.29, 1.82) is 5.26 Å². The molecule has 0 atom stereocenters. The molecule has 0 saturated carbocycles. The first kappa shape index (κ1) is 16.1. The van der Waals surface area contributed by atoms with E-state index in [2.05, 4.69) is 22.0 Å². The lowest BCUT2D eigenvalue weighted by molar-refractivity contribution is 0.477.